The van der Waals surface area contributed by atoms with Gasteiger partial charge in [-0.25, -0.2) is 4.79 Å². The molecule has 1 aromatic rings. The minimum Gasteiger partial charge on any atom is -0.480 e. The maximum Gasteiger partial charge on any atom is 0.337 e. The van der Waals surface area contributed by atoms with Gasteiger partial charge < -0.3 is 9.84 Å². The van der Waals surface area contributed by atoms with Crippen LogP contribution in [0.3, 0.4) is 0 Å². The lowest BCUT2D eigenvalue weighted by molar-refractivity contribution is -0.151. The number of benzene rings is 1. The highest BCUT2D eigenvalue weighted by Gasteiger charge is 2.67. The minimum absolute atomic E-state index is 0.148. The van der Waals surface area contributed by atoms with E-state index in [1.807, 2.05) is 0 Å². The first-order valence-corrected chi connectivity index (χ1v) is 10.4. The van der Waals surface area contributed by atoms with Crippen molar-refractivity contribution in [3.63, 3.8) is 0 Å². The molecule has 2 saturated heterocycles. The van der Waals surface area contributed by atoms with E-state index in [2.05, 4.69) is 5.32 Å². The van der Waals surface area contributed by atoms with Gasteiger partial charge >= 0.3 is 11.9 Å². The molecule has 2 aliphatic heterocycles. The molecule has 0 bridgehead atoms. The number of nitrogens with one attached hydrogen (secondary N) is 1. The Balaban J connectivity index is 1.71. The van der Waals surface area contributed by atoms with E-state index in [0.29, 0.717) is 11.1 Å². The number of carbonyl (C=O) groups excluding carboxylic acids is 3. The molecule has 8 heteroatoms. The fraction of sp³-hybridized carbons (Fsp3) is 0.545. The topological polar surface area (TPSA) is 113 Å². The van der Waals surface area contributed by atoms with Gasteiger partial charge in [-0.05, 0) is 37.5 Å². The van der Waals surface area contributed by atoms with Gasteiger partial charge in [-0.3, -0.25) is 24.6 Å². The van der Waals surface area contributed by atoms with Crippen LogP contribution in [0.2, 0.25) is 0 Å². The lowest BCUT2D eigenvalue weighted by Gasteiger charge is -2.33. The zero-order valence-corrected chi connectivity index (χ0v) is 17.1. The smallest absolute Gasteiger partial charge is 0.337 e. The van der Waals surface area contributed by atoms with Crippen LogP contribution in [0.4, 0.5) is 0 Å². The van der Waals surface area contributed by atoms with E-state index >= 15 is 0 Å². The third-order valence-corrected chi connectivity index (χ3v) is 6.90. The summed E-state index contributed by atoms with van der Waals surface area (Å²) in [4.78, 5) is 51.9. The summed E-state index contributed by atoms with van der Waals surface area (Å²) in [6.45, 7) is 1.48. The van der Waals surface area contributed by atoms with E-state index in [9.17, 15) is 24.3 Å². The standard InChI is InChI=1S/C22H26N2O6/c1-22(21(28)29)16-15(18(25)24(19(16)26)14-6-4-3-5-7-14)17(23-22)12-8-10-13(11-9-12)20(27)30-2/h8-11,14-17,23H,3-7H2,1-2H3,(H,28,29). The summed E-state index contributed by atoms with van der Waals surface area (Å²) < 4.78 is 4.71. The molecular formula is C22H26N2O6. The molecule has 4 unspecified atom stereocenters. The summed E-state index contributed by atoms with van der Waals surface area (Å²) >= 11 is 0. The molecule has 160 valence electrons. The SMILES string of the molecule is COC(=O)c1ccc(C2NC(C)(C(=O)O)C3C(=O)N(C4CCCCC4)C(=O)C23)cc1. The predicted octanol–water partition coefficient (Wildman–Crippen LogP) is 1.89. The first kappa shape index (κ1) is 20.5. The minimum atomic E-state index is -1.55. The Kier molecular flexibility index (Phi) is 5.13. The third-order valence-electron chi connectivity index (χ3n) is 6.90. The highest BCUT2D eigenvalue weighted by molar-refractivity contribution is 6.09. The Morgan fingerprint density at radius 1 is 1.10 bits per heavy atom. The highest BCUT2D eigenvalue weighted by atomic mass is 16.5. The quantitative estimate of drug-likeness (QED) is 0.571. The molecule has 2 amide bonds. The second-order valence-electron chi connectivity index (χ2n) is 8.58. The molecule has 0 spiro atoms. The Bertz CT molecular complexity index is 891. The van der Waals surface area contributed by atoms with Crippen molar-refractivity contribution in [1.82, 2.24) is 10.2 Å². The van der Waals surface area contributed by atoms with Crippen LogP contribution in [0.1, 0.15) is 61.0 Å². The summed E-state index contributed by atoms with van der Waals surface area (Å²) in [5, 5.41) is 13.0. The summed E-state index contributed by atoms with van der Waals surface area (Å²) in [5.41, 5.74) is -0.532. The number of esters is 1. The highest BCUT2D eigenvalue weighted by Crippen LogP contribution is 2.50. The van der Waals surface area contributed by atoms with Crippen molar-refractivity contribution in [3.8, 4) is 0 Å². The summed E-state index contributed by atoms with van der Waals surface area (Å²) in [5.74, 6) is -4.07. The number of rotatable bonds is 4. The van der Waals surface area contributed by atoms with Crippen LogP contribution in [-0.4, -0.2) is 52.4 Å². The van der Waals surface area contributed by atoms with Crippen molar-refractivity contribution in [2.45, 2.75) is 56.7 Å². The number of ether oxygens (including phenoxy) is 1. The number of carbonyl (C=O) groups is 4. The van der Waals surface area contributed by atoms with Crippen molar-refractivity contribution >= 4 is 23.8 Å². The molecule has 30 heavy (non-hydrogen) atoms. The average Bonchev–Trinajstić information content (AvgIpc) is 3.22. The van der Waals surface area contributed by atoms with Crippen LogP contribution in [-0.2, 0) is 19.1 Å². The summed E-state index contributed by atoms with van der Waals surface area (Å²) in [7, 11) is 1.29. The molecule has 8 nitrogen and oxygen atoms in total. The first-order valence-electron chi connectivity index (χ1n) is 10.4. The number of hydrogen-bond acceptors (Lipinski definition) is 6. The number of imide groups is 1. The van der Waals surface area contributed by atoms with Gasteiger partial charge in [0.05, 0.1) is 24.5 Å². The summed E-state index contributed by atoms with van der Waals surface area (Å²) in [6, 6.07) is 5.73. The molecule has 4 rings (SSSR count). The van der Waals surface area contributed by atoms with Crippen molar-refractivity contribution in [1.29, 1.82) is 0 Å². The van der Waals surface area contributed by atoms with E-state index in [0.717, 1.165) is 32.1 Å². The van der Waals surface area contributed by atoms with Gasteiger partial charge in [-0.2, -0.15) is 0 Å². The van der Waals surface area contributed by atoms with E-state index in [4.69, 9.17) is 4.74 Å². The zero-order valence-electron chi connectivity index (χ0n) is 17.1. The van der Waals surface area contributed by atoms with Crippen molar-refractivity contribution < 1.29 is 29.0 Å². The van der Waals surface area contributed by atoms with Gasteiger partial charge in [0.1, 0.15) is 5.54 Å². The van der Waals surface area contributed by atoms with Crippen LogP contribution in [0, 0.1) is 11.8 Å². The molecule has 2 heterocycles. The van der Waals surface area contributed by atoms with Crippen LogP contribution >= 0.6 is 0 Å². The van der Waals surface area contributed by atoms with Crippen molar-refractivity contribution in [2.75, 3.05) is 7.11 Å². The number of fused-ring (bicyclic) bond motifs is 1. The van der Waals surface area contributed by atoms with Gasteiger partial charge in [0.15, 0.2) is 0 Å². The molecular weight excluding hydrogens is 388 g/mol. The maximum absolute atomic E-state index is 13.4. The number of amides is 2. The Morgan fingerprint density at radius 2 is 1.73 bits per heavy atom. The number of likely N-dealkylation sites (tertiary alicyclic amines) is 1. The van der Waals surface area contributed by atoms with E-state index in [1.54, 1.807) is 24.3 Å². The average molecular weight is 414 g/mol. The van der Waals surface area contributed by atoms with E-state index in [1.165, 1.54) is 18.9 Å². The molecule has 1 aromatic carbocycles. The largest absolute Gasteiger partial charge is 0.480 e. The van der Waals surface area contributed by atoms with Crippen molar-refractivity contribution in [3.05, 3.63) is 35.4 Å². The lowest BCUT2D eigenvalue weighted by Crippen LogP contribution is -2.54. The van der Waals surface area contributed by atoms with Gasteiger partial charge in [-0.1, -0.05) is 31.4 Å². The lowest BCUT2D eigenvalue weighted by atomic mass is 9.80. The maximum atomic E-state index is 13.4. The van der Waals surface area contributed by atoms with Crippen LogP contribution in [0.15, 0.2) is 24.3 Å². The first-order chi connectivity index (χ1) is 14.3. The van der Waals surface area contributed by atoms with Gasteiger partial charge in [0.2, 0.25) is 11.8 Å². The second kappa shape index (κ2) is 7.50. The van der Waals surface area contributed by atoms with Crippen LogP contribution in [0.5, 0.6) is 0 Å². The predicted molar refractivity (Wildman–Crippen MR) is 105 cm³/mol. The molecule has 3 fully saturated rings. The Labute approximate surface area is 174 Å². The fourth-order valence-electron chi connectivity index (χ4n) is 5.29. The third kappa shape index (κ3) is 3.01. The number of hydrogen-bond donors (Lipinski definition) is 2. The van der Waals surface area contributed by atoms with Gasteiger partial charge in [0, 0.05) is 12.1 Å². The number of methoxy groups -OCH3 is 1. The molecule has 3 aliphatic rings. The molecule has 1 aliphatic carbocycles. The van der Waals surface area contributed by atoms with Gasteiger partial charge in [-0.15, -0.1) is 0 Å². The monoisotopic (exact) mass is 414 g/mol. The number of carboxylic acid groups (broad SMARTS) is 1. The van der Waals surface area contributed by atoms with Crippen LogP contribution < -0.4 is 5.32 Å². The molecule has 4 atom stereocenters. The number of nitrogens with zero attached hydrogens (tertiary/aromatic N) is 1. The molecule has 0 aromatic heterocycles. The summed E-state index contributed by atoms with van der Waals surface area (Å²) in [6.07, 6.45) is 4.55. The van der Waals surface area contributed by atoms with E-state index < -0.39 is 35.4 Å². The van der Waals surface area contributed by atoms with Crippen molar-refractivity contribution in [2.24, 2.45) is 11.8 Å². The van der Waals surface area contributed by atoms with Gasteiger partial charge in [0.25, 0.3) is 0 Å². The molecule has 1 saturated carbocycles. The second-order valence-corrected chi connectivity index (χ2v) is 8.58. The molecule has 0 radical (unpaired) electrons. The Morgan fingerprint density at radius 3 is 2.30 bits per heavy atom. The van der Waals surface area contributed by atoms with Crippen LogP contribution in [0.25, 0.3) is 0 Å². The number of carboxylic acids is 1. The zero-order chi connectivity index (χ0) is 21.6. The Hall–Kier alpha value is -2.74. The normalized spacial score (nSPS) is 31.7. The van der Waals surface area contributed by atoms with E-state index in [-0.39, 0.29) is 17.9 Å². The number of aliphatic carboxylic acids is 1. The fourth-order valence-corrected chi connectivity index (χ4v) is 5.29. The molecule has 2 N–H and O–H groups in total.